The number of carboxylic acids is 1. The number of hydrogen-bond acceptors (Lipinski definition) is 3. The Hall–Kier alpha value is -1.32. The number of carboxylic acid groups (broad SMARTS) is 1. The van der Waals surface area contributed by atoms with Crippen LogP contribution in [-0.2, 0) is 14.3 Å². The van der Waals surface area contributed by atoms with Crippen LogP contribution in [0.25, 0.3) is 0 Å². The fourth-order valence-corrected chi connectivity index (χ4v) is 0.993. The van der Waals surface area contributed by atoms with Gasteiger partial charge in [0, 0.05) is 12.0 Å². The average Bonchev–Trinajstić information content (AvgIpc) is 2.16. The molecule has 14 heavy (non-hydrogen) atoms. The molecule has 0 unspecified atom stereocenters. The van der Waals surface area contributed by atoms with Gasteiger partial charge in [-0.05, 0) is 19.3 Å². The Kier molecular flexibility index (Phi) is 6.45. The van der Waals surface area contributed by atoms with E-state index in [0.717, 1.165) is 19.3 Å². The van der Waals surface area contributed by atoms with Crippen molar-refractivity contribution in [1.82, 2.24) is 0 Å². The summed E-state index contributed by atoms with van der Waals surface area (Å²) in [7, 11) is 1.36. The van der Waals surface area contributed by atoms with Gasteiger partial charge in [-0.25, -0.2) is 4.79 Å². The van der Waals surface area contributed by atoms with Gasteiger partial charge in [-0.3, -0.25) is 4.79 Å². The molecule has 0 saturated heterocycles. The second-order valence-corrected chi connectivity index (χ2v) is 3.05. The van der Waals surface area contributed by atoms with E-state index >= 15 is 0 Å². The maximum absolute atomic E-state index is 10.7. The molecule has 1 N–H and O–H groups in total. The summed E-state index contributed by atoms with van der Waals surface area (Å²) < 4.78 is 4.47. The lowest BCUT2D eigenvalue weighted by atomic mass is 10.1. The highest BCUT2D eigenvalue weighted by atomic mass is 16.5. The molecule has 0 atom stereocenters. The summed E-state index contributed by atoms with van der Waals surface area (Å²) in [6, 6.07) is 0. The van der Waals surface area contributed by atoms with Crippen molar-refractivity contribution >= 4 is 11.9 Å². The van der Waals surface area contributed by atoms with E-state index in [1.165, 1.54) is 7.11 Å². The van der Waals surface area contributed by atoms with Gasteiger partial charge in [-0.1, -0.05) is 13.0 Å². The summed E-state index contributed by atoms with van der Waals surface area (Å²) in [5.74, 6) is -1.17. The number of aliphatic carboxylic acids is 1. The van der Waals surface area contributed by atoms with E-state index < -0.39 is 5.97 Å². The van der Waals surface area contributed by atoms with Gasteiger partial charge >= 0.3 is 11.9 Å². The van der Waals surface area contributed by atoms with Crippen LogP contribution in [-0.4, -0.2) is 24.2 Å². The second kappa shape index (κ2) is 7.12. The molecule has 4 heteroatoms. The maximum Gasteiger partial charge on any atom is 0.330 e. The van der Waals surface area contributed by atoms with E-state index in [4.69, 9.17) is 5.11 Å². The van der Waals surface area contributed by atoms with E-state index in [9.17, 15) is 9.59 Å². The SMILES string of the molecule is C=C(CCCCCC(=O)OC)C(=O)O. The van der Waals surface area contributed by atoms with Crippen LogP contribution in [0.1, 0.15) is 32.1 Å². The highest BCUT2D eigenvalue weighted by molar-refractivity contribution is 5.85. The Labute approximate surface area is 83.6 Å². The van der Waals surface area contributed by atoms with Crippen molar-refractivity contribution < 1.29 is 19.4 Å². The van der Waals surface area contributed by atoms with Crippen molar-refractivity contribution in [3.05, 3.63) is 12.2 Å². The zero-order chi connectivity index (χ0) is 11.0. The third-order valence-electron chi connectivity index (χ3n) is 1.89. The largest absolute Gasteiger partial charge is 0.478 e. The summed E-state index contributed by atoms with van der Waals surface area (Å²) in [5, 5.41) is 8.49. The third-order valence-corrected chi connectivity index (χ3v) is 1.89. The minimum Gasteiger partial charge on any atom is -0.478 e. The molecule has 0 amide bonds. The summed E-state index contributed by atoms with van der Waals surface area (Å²) in [4.78, 5) is 21.0. The third kappa shape index (κ3) is 6.22. The first-order chi connectivity index (χ1) is 6.57. The number of methoxy groups -OCH3 is 1. The van der Waals surface area contributed by atoms with Gasteiger partial charge in [0.25, 0.3) is 0 Å². The van der Waals surface area contributed by atoms with Gasteiger partial charge in [0.1, 0.15) is 0 Å². The number of carbonyl (C=O) groups is 2. The normalized spacial score (nSPS) is 9.50. The Balaban J connectivity index is 3.34. The van der Waals surface area contributed by atoms with E-state index in [1.54, 1.807) is 0 Å². The number of esters is 1. The molecule has 0 fully saturated rings. The van der Waals surface area contributed by atoms with Crippen molar-refractivity contribution in [3.63, 3.8) is 0 Å². The van der Waals surface area contributed by atoms with E-state index in [1.807, 2.05) is 0 Å². The smallest absolute Gasteiger partial charge is 0.330 e. The monoisotopic (exact) mass is 200 g/mol. The molecule has 4 nitrogen and oxygen atoms in total. The molecule has 0 aromatic heterocycles. The van der Waals surface area contributed by atoms with Crippen molar-refractivity contribution in [3.8, 4) is 0 Å². The zero-order valence-electron chi connectivity index (χ0n) is 8.41. The summed E-state index contributed by atoms with van der Waals surface area (Å²) in [6.07, 6.45) is 3.19. The maximum atomic E-state index is 10.7. The quantitative estimate of drug-likeness (QED) is 0.386. The molecular formula is C10H16O4. The lowest BCUT2D eigenvalue weighted by molar-refractivity contribution is -0.140. The molecule has 0 aromatic carbocycles. The molecule has 0 radical (unpaired) electrons. The topological polar surface area (TPSA) is 63.6 Å². The van der Waals surface area contributed by atoms with Crippen LogP contribution in [0.4, 0.5) is 0 Å². The molecular weight excluding hydrogens is 184 g/mol. The summed E-state index contributed by atoms with van der Waals surface area (Å²) in [5.41, 5.74) is 0.225. The first kappa shape index (κ1) is 12.7. The predicted molar refractivity (Wildman–Crippen MR) is 51.9 cm³/mol. The highest BCUT2D eigenvalue weighted by Crippen LogP contribution is 2.08. The lowest BCUT2D eigenvalue weighted by Gasteiger charge is -2.00. The fraction of sp³-hybridized carbons (Fsp3) is 0.600. The molecule has 0 aliphatic carbocycles. The van der Waals surface area contributed by atoms with Crippen molar-refractivity contribution in [2.24, 2.45) is 0 Å². The fourth-order valence-electron chi connectivity index (χ4n) is 0.993. The molecule has 0 aliphatic heterocycles. The molecule has 0 aliphatic rings. The van der Waals surface area contributed by atoms with Gasteiger partial charge in [-0.15, -0.1) is 0 Å². The molecule has 0 aromatic rings. The first-order valence-corrected chi connectivity index (χ1v) is 4.55. The Morgan fingerprint density at radius 1 is 1.21 bits per heavy atom. The van der Waals surface area contributed by atoms with Crippen LogP contribution < -0.4 is 0 Å². The summed E-state index contributed by atoms with van der Waals surface area (Å²) >= 11 is 0. The van der Waals surface area contributed by atoms with Crippen molar-refractivity contribution in [2.45, 2.75) is 32.1 Å². The van der Waals surface area contributed by atoms with Crippen LogP contribution in [0.3, 0.4) is 0 Å². The number of rotatable bonds is 7. The Morgan fingerprint density at radius 2 is 1.79 bits per heavy atom. The molecule has 0 saturated carbocycles. The molecule has 0 rings (SSSR count). The average molecular weight is 200 g/mol. The van der Waals surface area contributed by atoms with Gasteiger partial charge in [0.15, 0.2) is 0 Å². The number of ether oxygens (including phenoxy) is 1. The minimum absolute atomic E-state index is 0.220. The van der Waals surface area contributed by atoms with Gasteiger partial charge < -0.3 is 9.84 Å². The zero-order valence-corrected chi connectivity index (χ0v) is 8.41. The van der Waals surface area contributed by atoms with E-state index in [2.05, 4.69) is 11.3 Å². The predicted octanol–water partition coefficient (Wildman–Crippen LogP) is 1.75. The van der Waals surface area contributed by atoms with Crippen molar-refractivity contribution in [1.29, 1.82) is 0 Å². The van der Waals surface area contributed by atoms with Crippen LogP contribution in [0.2, 0.25) is 0 Å². The number of unbranched alkanes of at least 4 members (excludes halogenated alkanes) is 2. The Morgan fingerprint density at radius 3 is 2.29 bits per heavy atom. The van der Waals surface area contributed by atoms with Crippen LogP contribution >= 0.6 is 0 Å². The lowest BCUT2D eigenvalue weighted by Crippen LogP contribution is -2.00. The molecule has 80 valence electrons. The van der Waals surface area contributed by atoms with Gasteiger partial charge in [0.2, 0.25) is 0 Å². The van der Waals surface area contributed by atoms with Gasteiger partial charge in [0.05, 0.1) is 7.11 Å². The molecule has 0 bridgehead atoms. The van der Waals surface area contributed by atoms with Gasteiger partial charge in [-0.2, -0.15) is 0 Å². The van der Waals surface area contributed by atoms with E-state index in [-0.39, 0.29) is 11.5 Å². The standard InChI is InChI=1S/C10H16O4/c1-8(10(12)13)6-4-3-5-7-9(11)14-2/h1,3-7H2,2H3,(H,12,13). The van der Waals surface area contributed by atoms with E-state index in [0.29, 0.717) is 12.8 Å². The first-order valence-electron chi connectivity index (χ1n) is 4.55. The van der Waals surface area contributed by atoms with Crippen LogP contribution in [0, 0.1) is 0 Å². The summed E-state index contributed by atoms with van der Waals surface area (Å²) in [6.45, 7) is 3.41. The van der Waals surface area contributed by atoms with Crippen LogP contribution in [0.15, 0.2) is 12.2 Å². The highest BCUT2D eigenvalue weighted by Gasteiger charge is 2.03. The van der Waals surface area contributed by atoms with Crippen molar-refractivity contribution in [2.75, 3.05) is 7.11 Å². The number of carbonyl (C=O) groups excluding carboxylic acids is 1. The second-order valence-electron chi connectivity index (χ2n) is 3.05. The number of hydrogen-bond donors (Lipinski definition) is 1. The molecule has 0 heterocycles. The minimum atomic E-state index is -0.946. The Bertz CT molecular complexity index is 220. The molecule has 0 spiro atoms. The van der Waals surface area contributed by atoms with Crippen LogP contribution in [0.5, 0.6) is 0 Å².